The van der Waals surface area contributed by atoms with E-state index in [0.717, 1.165) is 34.3 Å². The molecule has 1 aromatic rings. The van der Waals surface area contributed by atoms with Crippen LogP contribution in [0.3, 0.4) is 0 Å². The van der Waals surface area contributed by atoms with Crippen LogP contribution in [0.1, 0.15) is 61.2 Å². The highest BCUT2D eigenvalue weighted by Crippen LogP contribution is 2.44. The molecule has 102 valence electrons. The first-order chi connectivity index (χ1) is 8.48. The van der Waals surface area contributed by atoms with Crippen LogP contribution < -0.4 is 0 Å². The van der Waals surface area contributed by atoms with Crippen LogP contribution in [0.4, 0.5) is 0 Å². The Morgan fingerprint density at radius 3 is 2.50 bits per heavy atom. The van der Waals surface area contributed by atoms with E-state index in [1.165, 1.54) is 12.8 Å². The summed E-state index contributed by atoms with van der Waals surface area (Å²) in [4.78, 5) is 5.63. The maximum absolute atomic E-state index is 9.74. The Morgan fingerprint density at radius 1 is 1.44 bits per heavy atom. The molecule has 1 fully saturated rings. The highest BCUT2D eigenvalue weighted by molar-refractivity contribution is 7.12. The lowest BCUT2D eigenvalue weighted by Crippen LogP contribution is -2.33. The average Bonchev–Trinajstić information content (AvgIpc) is 2.73. The maximum atomic E-state index is 9.74. The molecule has 2 rings (SSSR count). The van der Waals surface area contributed by atoms with Crippen molar-refractivity contribution in [2.45, 2.75) is 58.2 Å². The molecule has 0 saturated heterocycles. The third kappa shape index (κ3) is 2.46. The van der Waals surface area contributed by atoms with Crippen LogP contribution in [-0.4, -0.2) is 17.2 Å². The second-order valence-electron chi connectivity index (χ2n) is 5.53. The molecule has 0 aliphatic heterocycles. The molecule has 0 amide bonds. The minimum absolute atomic E-state index is 0.213. The van der Waals surface area contributed by atoms with E-state index in [0.29, 0.717) is 0 Å². The van der Waals surface area contributed by atoms with Crippen molar-refractivity contribution in [2.75, 3.05) is 7.11 Å². The number of hydrogen-bond acceptors (Lipinski definition) is 4. The summed E-state index contributed by atoms with van der Waals surface area (Å²) in [6.07, 6.45) is 4.02. The molecular formula is C14H23NO2S. The Bertz CT molecular complexity index is 406. The molecule has 3 nitrogen and oxygen atoms in total. The van der Waals surface area contributed by atoms with E-state index in [1.807, 2.05) is 6.92 Å². The standard InChI is InChI=1S/C14H23NO2S/c1-9-5-7-14(17-4,8-6-9)13-15-10(2)12(18-13)11(3)16/h9,11,16H,5-8H2,1-4H3. The van der Waals surface area contributed by atoms with Gasteiger partial charge in [-0.15, -0.1) is 11.3 Å². The van der Waals surface area contributed by atoms with Crippen molar-refractivity contribution >= 4 is 11.3 Å². The summed E-state index contributed by atoms with van der Waals surface area (Å²) in [6, 6.07) is 0. The second-order valence-corrected chi connectivity index (χ2v) is 6.56. The molecule has 1 N–H and O–H groups in total. The van der Waals surface area contributed by atoms with Crippen LogP contribution in [0.5, 0.6) is 0 Å². The number of methoxy groups -OCH3 is 1. The third-order valence-corrected chi connectivity index (χ3v) is 5.59. The summed E-state index contributed by atoms with van der Waals surface area (Å²) in [6.45, 7) is 6.07. The number of aliphatic hydroxyl groups is 1. The molecule has 1 aliphatic carbocycles. The molecule has 0 spiro atoms. The largest absolute Gasteiger partial charge is 0.388 e. The topological polar surface area (TPSA) is 42.4 Å². The first kappa shape index (κ1) is 14.0. The zero-order chi connectivity index (χ0) is 13.3. The lowest BCUT2D eigenvalue weighted by Gasteiger charge is -2.36. The number of hydrogen-bond donors (Lipinski definition) is 1. The zero-order valence-corrected chi connectivity index (χ0v) is 12.5. The van der Waals surface area contributed by atoms with Crippen LogP contribution in [0.2, 0.25) is 0 Å². The van der Waals surface area contributed by atoms with E-state index in [2.05, 4.69) is 11.9 Å². The number of aliphatic hydroxyl groups excluding tert-OH is 1. The normalized spacial score (nSPS) is 30.4. The maximum Gasteiger partial charge on any atom is 0.125 e. The van der Waals surface area contributed by atoms with Gasteiger partial charge in [0.15, 0.2) is 0 Å². The number of rotatable bonds is 3. The van der Waals surface area contributed by atoms with Gasteiger partial charge in [0.1, 0.15) is 10.6 Å². The summed E-state index contributed by atoms with van der Waals surface area (Å²) in [5.41, 5.74) is 0.731. The Kier molecular flexibility index (Phi) is 4.09. The van der Waals surface area contributed by atoms with Gasteiger partial charge >= 0.3 is 0 Å². The van der Waals surface area contributed by atoms with Crippen LogP contribution >= 0.6 is 11.3 Å². The van der Waals surface area contributed by atoms with Gasteiger partial charge in [-0.05, 0) is 45.4 Å². The molecule has 1 saturated carbocycles. The summed E-state index contributed by atoms with van der Waals surface area (Å²) in [5.74, 6) is 0.783. The minimum atomic E-state index is -0.437. The Morgan fingerprint density at radius 2 is 2.06 bits per heavy atom. The van der Waals surface area contributed by atoms with Gasteiger partial charge in [-0.3, -0.25) is 0 Å². The van der Waals surface area contributed by atoms with E-state index >= 15 is 0 Å². The monoisotopic (exact) mass is 269 g/mol. The second kappa shape index (κ2) is 5.27. The number of aromatic nitrogens is 1. The summed E-state index contributed by atoms with van der Waals surface area (Å²) >= 11 is 1.61. The zero-order valence-electron chi connectivity index (χ0n) is 11.7. The van der Waals surface area contributed by atoms with Crippen LogP contribution in [0, 0.1) is 12.8 Å². The van der Waals surface area contributed by atoms with E-state index in [4.69, 9.17) is 4.74 Å². The molecular weight excluding hydrogens is 246 g/mol. The molecule has 1 atom stereocenters. The Hall–Kier alpha value is -0.450. The van der Waals surface area contributed by atoms with Crippen molar-refractivity contribution in [1.29, 1.82) is 0 Å². The summed E-state index contributed by atoms with van der Waals surface area (Å²) < 4.78 is 5.83. The van der Waals surface area contributed by atoms with Crippen molar-refractivity contribution in [3.8, 4) is 0 Å². The van der Waals surface area contributed by atoms with Gasteiger partial charge in [0, 0.05) is 7.11 Å². The van der Waals surface area contributed by atoms with Gasteiger partial charge in [-0.2, -0.15) is 0 Å². The number of ether oxygens (including phenoxy) is 1. The first-order valence-electron chi connectivity index (χ1n) is 6.69. The van der Waals surface area contributed by atoms with Gasteiger partial charge in [0.2, 0.25) is 0 Å². The minimum Gasteiger partial charge on any atom is -0.388 e. The molecule has 4 heteroatoms. The molecule has 1 aromatic heterocycles. The highest BCUT2D eigenvalue weighted by Gasteiger charge is 2.39. The molecule has 1 unspecified atom stereocenters. The molecule has 0 aromatic carbocycles. The fourth-order valence-electron chi connectivity index (χ4n) is 2.72. The Labute approximate surface area is 113 Å². The fourth-order valence-corrected chi connectivity index (χ4v) is 3.95. The summed E-state index contributed by atoms with van der Waals surface area (Å²) in [7, 11) is 1.79. The molecule has 1 heterocycles. The van der Waals surface area contributed by atoms with Gasteiger partial charge in [0.05, 0.1) is 16.7 Å². The van der Waals surface area contributed by atoms with Crippen molar-refractivity contribution < 1.29 is 9.84 Å². The third-order valence-electron chi connectivity index (χ3n) is 4.07. The molecule has 0 bridgehead atoms. The number of aryl methyl sites for hydroxylation is 1. The summed E-state index contributed by atoms with van der Waals surface area (Å²) in [5, 5.41) is 10.8. The van der Waals surface area contributed by atoms with E-state index in [1.54, 1.807) is 25.4 Å². The van der Waals surface area contributed by atoms with Crippen molar-refractivity contribution in [3.05, 3.63) is 15.6 Å². The van der Waals surface area contributed by atoms with Crippen molar-refractivity contribution in [3.63, 3.8) is 0 Å². The van der Waals surface area contributed by atoms with Gasteiger partial charge in [0.25, 0.3) is 0 Å². The predicted octanol–water partition coefficient (Wildman–Crippen LogP) is 3.56. The van der Waals surface area contributed by atoms with Crippen molar-refractivity contribution in [2.24, 2.45) is 5.92 Å². The van der Waals surface area contributed by atoms with Crippen LogP contribution in [0.15, 0.2) is 0 Å². The molecule has 0 radical (unpaired) electrons. The van der Waals surface area contributed by atoms with Gasteiger partial charge < -0.3 is 9.84 Å². The lowest BCUT2D eigenvalue weighted by molar-refractivity contribution is -0.0531. The smallest absolute Gasteiger partial charge is 0.125 e. The fraction of sp³-hybridized carbons (Fsp3) is 0.786. The van der Waals surface area contributed by atoms with Crippen LogP contribution in [0.25, 0.3) is 0 Å². The van der Waals surface area contributed by atoms with Crippen molar-refractivity contribution in [1.82, 2.24) is 4.98 Å². The Balaban J connectivity index is 2.30. The highest BCUT2D eigenvalue weighted by atomic mass is 32.1. The van der Waals surface area contributed by atoms with Gasteiger partial charge in [-0.25, -0.2) is 4.98 Å². The van der Waals surface area contributed by atoms with E-state index in [-0.39, 0.29) is 5.60 Å². The number of nitrogens with zero attached hydrogens (tertiary/aromatic N) is 1. The SMILES string of the molecule is COC1(c2nc(C)c(C(C)O)s2)CCC(C)CC1. The van der Waals surface area contributed by atoms with E-state index in [9.17, 15) is 5.11 Å². The average molecular weight is 269 g/mol. The van der Waals surface area contributed by atoms with Crippen LogP contribution in [-0.2, 0) is 10.3 Å². The first-order valence-corrected chi connectivity index (χ1v) is 7.51. The quantitative estimate of drug-likeness (QED) is 0.912. The number of thiazole rings is 1. The predicted molar refractivity (Wildman–Crippen MR) is 73.8 cm³/mol. The van der Waals surface area contributed by atoms with Gasteiger partial charge in [-0.1, -0.05) is 6.92 Å². The molecule has 18 heavy (non-hydrogen) atoms. The van der Waals surface area contributed by atoms with E-state index < -0.39 is 6.10 Å². The lowest BCUT2D eigenvalue weighted by atomic mass is 9.80. The molecule has 1 aliphatic rings.